The van der Waals surface area contributed by atoms with E-state index in [2.05, 4.69) is 20.2 Å². The lowest BCUT2D eigenvalue weighted by atomic mass is 10.1. The van der Waals surface area contributed by atoms with Crippen LogP contribution in [0.4, 0.5) is 24.1 Å². The molecular formula is C18H17F3N4S. The van der Waals surface area contributed by atoms with Crippen molar-refractivity contribution in [2.24, 2.45) is 0 Å². The van der Waals surface area contributed by atoms with E-state index < -0.39 is 11.7 Å². The molecule has 0 aliphatic carbocycles. The Hall–Kier alpha value is -2.35. The minimum absolute atomic E-state index is 0.262. The first-order valence-electron chi connectivity index (χ1n) is 8.39. The molecule has 0 bridgehead atoms. The maximum Gasteiger partial charge on any atom is 0.416 e. The van der Waals surface area contributed by atoms with Gasteiger partial charge in [-0.1, -0.05) is 17.4 Å². The Morgan fingerprint density at radius 1 is 1.12 bits per heavy atom. The van der Waals surface area contributed by atoms with E-state index in [-0.39, 0.29) is 6.04 Å². The molecule has 26 heavy (non-hydrogen) atoms. The molecule has 0 saturated carbocycles. The second-order valence-corrected chi connectivity index (χ2v) is 7.32. The molecule has 1 fully saturated rings. The summed E-state index contributed by atoms with van der Waals surface area (Å²) in [6.45, 7) is 1.77. The Morgan fingerprint density at radius 3 is 2.62 bits per heavy atom. The number of benzene rings is 1. The Balaban J connectivity index is 1.42. The van der Waals surface area contributed by atoms with Crippen LogP contribution in [-0.4, -0.2) is 29.1 Å². The van der Waals surface area contributed by atoms with Gasteiger partial charge in [0.1, 0.15) is 5.82 Å². The van der Waals surface area contributed by atoms with Gasteiger partial charge in [0.2, 0.25) is 0 Å². The second kappa shape index (κ2) is 6.75. The Bertz CT molecular complexity index is 886. The third kappa shape index (κ3) is 3.60. The van der Waals surface area contributed by atoms with Gasteiger partial charge in [0.15, 0.2) is 5.13 Å². The number of pyridine rings is 1. The molecule has 0 unspecified atom stereocenters. The summed E-state index contributed by atoms with van der Waals surface area (Å²) < 4.78 is 39.2. The van der Waals surface area contributed by atoms with Gasteiger partial charge in [-0.3, -0.25) is 0 Å². The quantitative estimate of drug-likeness (QED) is 0.711. The van der Waals surface area contributed by atoms with E-state index in [1.54, 1.807) is 6.20 Å². The number of nitrogens with one attached hydrogen (secondary N) is 1. The normalized spacial score (nSPS) is 16.2. The molecule has 136 valence electrons. The Labute approximate surface area is 152 Å². The number of thiazole rings is 1. The zero-order chi connectivity index (χ0) is 18.1. The number of hydrogen-bond acceptors (Lipinski definition) is 5. The highest BCUT2D eigenvalue weighted by Gasteiger charge is 2.31. The van der Waals surface area contributed by atoms with Crippen LogP contribution in [0.2, 0.25) is 0 Å². The summed E-state index contributed by atoms with van der Waals surface area (Å²) in [5.41, 5.74) is -0.274. The van der Waals surface area contributed by atoms with Gasteiger partial charge in [-0.05, 0) is 43.2 Å². The van der Waals surface area contributed by atoms with Crippen LogP contribution >= 0.6 is 11.3 Å². The average Bonchev–Trinajstić information content (AvgIpc) is 3.04. The van der Waals surface area contributed by atoms with Crippen LogP contribution in [0.1, 0.15) is 18.4 Å². The molecule has 1 N–H and O–H groups in total. The standard InChI is InChI=1S/C18H17F3N4S/c19-18(20,21)12-4-5-15-14(11-12)24-17(26-15)23-13-6-9-25(10-7-13)16-3-1-2-8-22-16/h1-5,8,11,13H,6-7,9-10H2,(H,23,24). The van der Waals surface area contributed by atoms with Crippen molar-refractivity contribution < 1.29 is 13.2 Å². The summed E-state index contributed by atoms with van der Waals surface area (Å²) in [6, 6.07) is 9.84. The maximum atomic E-state index is 12.8. The van der Waals surface area contributed by atoms with Crippen LogP contribution < -0.4 is 10.2 Å². The Morgan fingerprint density at radius 2 is 1.92 bits per heavy atom. The van der Waals surface area contributed by atoms with Crippen molar-refractivity contribution in [2.45, 2.75) is 25.1 Å². The molecule has 2 aromatic heterocycles. The van der Waals surface area contributed by atoms with E-state index >= 15 is 0 Å². The smallest absolute Gasteiger partial charge is 0.359 e. The lowest BCUT2D eigenvalue weighted by Crippen LogP contribution is -2.39. The molecule has 1 aliphatic rings. The minimum atomic E-state index is -4.34. The highest BCUT2D eigenvalue weighted by Crippen LogP contribution is 2.34. The van der Waals surface area contributed by atoms with Crippen LogP contribution in [0.5, 0.6) is 0 Å². The van der Waals surface area contributed by atoms with E-state index in [1.807, 2.05) is 18.2 Å². The summed E-state index contributed by atoms with van der Waals surface area (Å²) >= 11 is 1.39. The Kier molecular flexibility index (Phi) is 4.44. The van der Waals surface area contributed by atoms with E-state index in [1.165, 1.54) is 17.4 Å². The molecule has 8 heteroatoms. The van der Waals surface area contributed by atoms with Crippen molar-refractivity contribution in [3.8, 4) is 0 Å². The molecule has 4 nitrogen and oxygen atoms in total. The number of alkyl halides is 3. The van der Waals surface area contributed by atoms with Gasteiger partial charge in [0.25, 0.3) is 0 Å². The highest BCUT2D eigenvalue weighted by molar-refractivity contribution is 7.22. The molecule has 1 aliphatic heterocycles. The maximum absolute atomic E-state index is 12.8. The fourth-order valence-electron chi connectivity index (χ4n) is 3.13. The van der Waals surface area contributed by atoms with Crippen LogP contribution in [-0.2, 0) is 6.18 Å². The SMILES string of the molecule is FC(F)(F)c1ccc2sc(NC3CCN(c4ccccn4)CC3)nc2c1. The van der Waals surface area contributed by atoms with Crippen molar-refractivity contribution in [2.75, 3.05) is 23.3 Å². The number of hydrogen-bond donors (Lipinski definition) is 1. The number of anilines is 2. The lowest BCUT2D eigenvalue weighted by Gasteiger charge is -2.33. The predicted octanol–water partition coefficient (Wildman–Crippen LogP) is 4.79. The highest BCUT2D eigenvalue weighted by atomic mass is 32.1. The fourth-order valence-corrected chi connectivity index (χ4v) is 4.06. The fraction of sp³-hybridized carbons (Fsp3) is 0.333. The number of aromatic nitrogens is 2. The molecule has 4 rings (SSSR count). The molecule has 3 aromatic rings. The third-order valence-electron chi connectivity index (χ3n) is 4.51. The average molecular weight is 378 g/mol. The van der Waals surface area contributed by atoms with Gasteiger partial charge in [-0.15, -0.1) is 0 Å². The number of rotatable bonds is 3. The lowest BCUT2D eigenvalue weighted by molar-refractivity contribution is -0.137. The van der Waals surface area contributed by atoms with Gasteiger partial charge >= 0.3 is 6.18 Å². The first kappa shape index (κ1) is 17.1. The van der Waals surface area contributed by atoms with Crippen molar-refractivity contribution in [1.29, 1.82) is 0 Å². The van der Waals surface area contributed by atoms with E-state index in [0.717, 1.165) is 48.6 Å². The van der Waals surface area contributed by atoms with Crippen LogP contribution in [0.25, 0.3) is 10.2 Å². The molecular weight excluding hydrogens is 361 g/mol. The summed E-state index contributed by atoms with van der Waals surface area (Å²) in [6.07, 6.45) is -0.694. The first-order valence-corrected chi connectivity index (χ1v) is 9.21. The van der Waals surface area contributed by atoms with Crippen molar-refractivity contribution in [1.82, 2.24) is 9.97 Å². The third-order valence-corrected chi connectivity index (χ3v) is 5.48. The molecule has 3 heterocycles. The molecule has 0 spiro atoms. The van der Waals surface area contributed by atoms with Gasteiger partial charge < -0.3 is 10.2 Å². The molecule has 0 atom stereocenters. The van der Waals surface area contributed by atoms with E-state index in [4.69, 9.17) is 0 Å². The van der Waals surface area contributed by atoms with Crippen LogP contribution in [0.3, 0.4) is 0 Å². The van der Waals surface area contributed by atoms with Gasteiger partial charge in [-0.2, -0.15) is 13.2 Å². The predicted molar refractivity (Wildman–Crippen MR) is 97.7 cm³/mol. The molecule has 0 amide bonds. The number of fused-ring (bicyclic) bond motifs is 1. The first-order chi connectivity index (χ1) is 12.5. The van der Waals surface area contributed by atoms with Gasteiger partial charge in [-0.25, -0.2) is 9.97 Å². The van der Waals surface area contributed by atoms with Crippen molar-refractivity contribution in [3.63, 3.8) is 0 Å². The monoisotopic (exact) mass is 378 g/mol. The molecule has 1 aromatic carbocycles. The second-order valence-electron chi connectivity index (χ2n) is 6.29. The zero-order valence-electron chi connectivity index (χ0n) is 13.8. The van der Waals surface area contributed by atoms with E-state index in [9.17, 15) is 13.2 Å². The van der Waals surface area contributed by atoms with Gasteiger partial charge in [0.05, 0.1) is 15.8 Å². The molecule has 1 saturated heterocycles. The van der Waals surface area contributed by atoms with E-state index in [0.29, 0.717) is 10.6 Å². The number of piperidine rings is 1. The number of halogens is 3. The van der Waals surface area contributed by atoms with Gasteiger partial charge in [0, 0.05) is 25.3 Å². The summed E-state index contributed by atoms with van der Waals surface area (Å²) in [5, 5.41) is 4.06. The van der Waals surface area contributed by atoms with Crippen molar-refractivity contribution in [3.05, 3.63) is 48.2 Å². The summed E-state index contributed by atoms with van der Waals surface area (Å²) in [7, 11) is 0. The zero-order valence-corrected chi connectivity index (χ0v) is 14.6. The van der Waals surface area contributed by atoms with Crippen LogP contribution in [0, 0.1) is 0 Å². The minimum Gasteiger partial charge on any atom is -0.359 e. The van der Waals surface area contributed by atoms with Crippen LogP contribution in [0.15, 0.2) is 42.6 Å². The topological polar surface area (TPSA) is 41.0 Å². The molecule has 0 radical (unpaired) electrons. The summed E-state index contributed by atoms with van der Waals surface area (Å²) in [5.74, 6) is 0.977. The number of nitrogens with zero attached hydrogens (tertiary/aromatic N) is 3. The largest absolute Gasteiger partial charge is 0.416 e. The summed E-state index contributed by atoms with van der Waals surface area (Å²) in [4.78, 5) is 11.0. The van der Waals surface area contributed by atoms with Crippen molar-refractivity contribution >= 4 is 32.5 Å².